The van der Waals surface area contributed by atoms with Gasteiger partial charge in [-0.15, -0.1) is 0 Å². The molecule has 0 radical (unpaired) electrons. The fourth-order valence-electron chi connectivity index (χ4n) is 1.41. The topological polar surface area (TPSA) is 75.1 Å². The lowest BCUT2D eigenvalue weighted by molar-refractivity contribution is 0.0690. The molecule has 6 heteroatoms. The summed E-state index contributed by atoms with van der Waals surface area (Å²) in [6.45, 7) is 1.95. The summed E-state index contributed by atoms with van der Waals surface area (Å²) < 4.78 is 0.967. The molecule has 92 valence electrons. The summed E-state index contributed by atoms with van der Waals surface area (Å²) in [7, 11) is 0. The van der Waals surface area contributed by atoms with Gasteiger partial charge in [0.05, 0.1) is 12.4 Å². The van der Waals surface area contributed by atoms with Gasteiger partial charge in [0.25, 0.3) is 0 Å². The van der Waals surface area contributed by atoms with Gasteiger partial charge in [-0.25, -0.2) is 9.78 Å². The minimum absolute atomic E-state index is 0.0901. The van der Waals surface area contributed by atoms with E-state index in [9.17, 15) is 4.79 Å². The molecule has 2 aromatic rings. The van der Waals surface area contributed by atoms with Crippen LogP contribution in [-0.4, -0.2) is 21.0 Å². The first-order valence-corrected chi connectivity index (χ1v) is 5.94. The monoisotopic (exact) mass is 307 g/mol. The summed E-state index contributed by atoms with van der Waals surface area (Å²) in [6.07, 6.45) is 2.69. The Hall–Kier alpha value is -1.95. The van der Waals surface area contributed by atoms with Crippen molar-refractivity contribution in [3.8, 4) is 0 Å². The molecule has 2 N–H and O–H groups in total. The van der Waals surface area contributed by atoms with E-state index < -0.39 is 5.97 Å². The molecule has 5 nitrogen and oxygen atoms in total. The quantitative estimate of drug-likeness (QED) is 0.911. The molecular formula is C12H10BrN3O2. The van der Waals surface area contributed by atoms with Crippen LogP contribution in [0.2, 0.25) is 0 Å². The highest BCUT2D eigenvalue weighted by atomic mass is 79.9. The molecule has 18 heavy (non-hydrogen) atoms. The van der Waals surface area contributed by atoms with Crippen LogP contribution >= 0.6 is 15.9 Å². The van der Waals surface area contributed by atoms with Gasteiger partial charge >= 0.3 is 5.97 Å². The molecule has 0 bridgehead atoms. The summed E-state index contributed by atoms with van der Waals surface area (Å²) in [4.78, 5) is 18.6. The van der Waals surface area contributed by atoms with Crippen LogP contribution in [0.15, 0.2) is 35.1 Å². The Morgan fingerprint density at radius 3 is 2.89 bits per heavy atom. The number of aromatic nitrogens is 2. The van der Waals surface area contributed by atoms with Crippen LogP contribution in [0.4, 0.5) is 11.5 Å². The highest BCUT2D eigenvalue weighted by Gasteiger charge is 2.07. The van der Waals surface area contributed by atoms with E-state index in [0.29, 0.717) is 5.82 Å². The number of anilines is 2. The van der Waals surface area contributed by atoms with Crippen LogP contribution in [0.25, 0.3) is 0 Å². The number of carbonyl (C=O) groups is 1. The van der Waals surface area contributed by atoms with Crippen LogP contribution in [-0.2, 0) is 0 Å². The van der Waals surface area contributed by atoms with Crippen molar-refractivity contribution in [2.45, 2.75) is 6.92 Å². The molecule has 0 fully saturated rings. The van der Waals surface area contributed by atoms with E-state index in [0.717, 1.165) is 15.7 Å². The van der Waals surface area contributed by atoms with Crippen LogP contribution in [0.5, 0.6) is 0 Å². The fourth-order valence-corrected chi connectivity index (χ4v) is 1.78. The minimum Gasteiger partial charge on any atom is -0.476 e. The van der Waals surface area contributed by atoms with E-state index in [1.54, 1.807) is 0 Å². The number of carboxylic acid groups (broad SMARTS) is 1. The van der Waals surface area contributed by atoms with Crippen molar-refractivity contribution in [1.82, 2.24) is 9.97 Å². The van der Waals surface area contributed by atoms with E-state index in [4.69, 9.17) is 5.11 Å². The lowest BCUT2D eigenvalue weighted by Crippen LogP contribution is -2.04. The van der Waals surface area contributed by atoms with Gasteiger partial charge in [-0.05, 0) is 24.6 Å². The lowest BCUT2D eigenvalue weighted by Gasteiger charge is -2.09. The SMILES string of the molecule is Cc1c(Br)cccc1Nc1cncc(C(=O)O)n1. The molecule has 1 aromatic heterocycles. The summed E-state index contributed by atoms with van der Waals surface area (Å²) in [5, 5.41) is 11.9. The number of rotatable bonds is 3. The van der Waals surface area contributed by atoms with Gasteiger partial charge < -0.3 is 10.4 Å². The van der Waals surface area contributed by atoms with Crippen LogP contribution in [0.3, 0.4) is 0 Å². The predicted octanol–water partition coefficient (Wildman–Crippen LogP) is 2.99. The molecule has 1 heterocycles. The summed E-state index contributed by atoms with van der Waals surface area (Å²) in [5.41, 5.74) is 1.77. The molecule has 0 unspecified atom stereocenters. The Balaban J connectivity index is 2.31. The second-order valence-electron chi connectivity index (χ2n) is 3.63. The third kappa shape index (κ3) is 2.65. The molecule has 0 saturated heterocycles. The summed E-state index contributed by atoms with van der Waals surface area (Å²) in [5.74, 6) is -0.701. The second-order valence-corrected chi connectivity index (χ2v) is 4.49. The molecule has 0 saturated carbocycles. The van der Waals surface area contributed by atoms with Crippen molar-refractivity contribution in [2.24, 2.45) is 0 Å². The number of benzene rings is 1. The zero-order chi connectivity index (χ0) is 13.1. The predicted molar refractivity (Wildman–Crippen MR) is 71.2 cm³/mol. The molecule has 0 aliphatic carbocycles. The largest absolute Gasteiger partial charge is 0.476 e. The van der Waals surface area contributed by atoms with Gasteiger partial charge in [0.1, 0.15) is 5.82 Å². The summed E-state index contributed by atoms with van der Waals surface area (Å²) >= 11 is 3.43. The van der Waals surface area contributed by atoms with Crippen LogP contribution in [0, 0.1) is 6.92 Å². The molecule has 0 spiro atoms. The molecular weight excluding hydrogens is 298 g/mol. The number of nitrogens with zero attached hydrogens (tertiary/aromatic N) is 2. The third-order valence-corrected chi connectivity index (χ3v) is 3.24. The van der Waals surface area contributed by atoms with Gasteiger partial charge in [-0.3, -0.25) is 4.98 Å². The van der Waals surface area contributed by atoms with Crippen molar-refractivity contribution in [3.05, 3.63) is 46.3 Å². The van der Waals surface area contributed by atoms with Gasteiger partial charge in [0.15, 0.2) is 5.69 Å². The molecule has 0 amide bonds. The molecule has 0 aliphatic heterocycles. The maximum Gasteiger partial charge on any atom is 0.356 e. The van der Waals surface area contributed by atoms with Gasteiger partial charge in [-0.1, -0.05) is 22.0 Å². The summed E-state index contributed by atoms with van der Waals surface area (Å²) in [6, 6.07) is 5.70. The molecule has 2 rings (SSSR count). The van der Waals surface area contributed by atoms with E-state index in [1.165, 1.54) is 12.4 Å². The van der Waals surface area contributed by atoms with Gasteiger partial charge in [0, 0.05) is 10.2 Å². The Bertz CT molecular complexity index is 602. The van der Waals surface area contributed by atoms with Crippen molar-refractivity contribution in [1.29, 1.82) is 0 Å². The number of hydrogen-bond donors (Lipinski definition) is 2. The standard InChI is InChI=1S/C12H10BrN3O2/c1-7-8(13)3-2-4-9(7)15-11-6-14-5-10(16-11)12(17)18/h2-6H,1H3,(H,15,16)(H,17,18). The Kier molecular flexibility index (Phi) is 3.57. The first-order chi connectivity index (χ1) is 8.58. The number of halogens is 1. The normalized spacial score (nSPS) is 10.1. The molecule has 0 aliphatic rings. The average Bonchev–Trinajstić information content (AvgIpc) is 2.35. The fraction of sp³-hybridized carbons (Fsp3) is 0.0833. The number of carboxylic acids is 1. The third-order valence-electron chi connectivity index (χ3n) is 2.38. The van der Waals surface area contributed by atoms with Crippen molar-refractivity contribution in [2.75, 3.05) is 5.32 Å². The highest BCUT2D eigenvalue weighted by molar-refractivity contribution is 9.10. The Labute approximate surface area is 112 Å². The minimum atomic E-state index is -1.10. The number of hydrogen-bond acceptors (Lipinski definition) is 4. The smallest absolute Gasteiger partial charge is 0.356 e. The maximum atomic E-state index is 10.8. The van der Waals surface area contributed by atoms with Crippen LogP contribution in [0.1, 0.15) is 16.1 Å². The van der Waals surface area contributed by atoms with Crippen molar-refractivity contribution >= 4 is 33.4 Å². The number of nitrogens with one attached hydrogen (secondary N) is 1. The zero-order valence-corrected chi connectivity index (χ0v) is 11.1. The average molecular weight is 308 g/mol. The first-order valence-electron chi connectivity index (χ1n) is 5.15. The zero-order valence-electron chi connectivity index (χ0n) is 9.51. The van der Waals surface area contributed by atoms with Crippen molar-refractivity contribution < 1.29 is 9.90 Å². The van der Waals surface area contributed by atoms with E-state index in [-0.39, 0.29) is 5.69 Å². The number of aromatic carboxylic acids is 1. The highest BCUT2D eigenvalue weighted by Crippen LogP contribution is 2.25. The first kappa shape index (κ1) is 12.5. The van der Waals surface area contributed by atoms with E-state index >= 15 is 0 Å². The Morgan fingerprint density at radius 2 is 2.17 bits per heavy atom. The van der Waals surface area contributed by atoms with Crippen molar-refractivity contribution in [3.63, 3.8) is 0 Å². The molecule has 1 aromatic carbocycles. The van der Waals surface area contributed by atoms with Gasteiger partial charge in [0.2, 0.25) is 0 Å². The second kappa shape index (κ2) is 5.14. The van der Waals surface area contributed by atoms with Crippen LogP contribution < -0.4 is 5.32 Å². The maximum absolute atomic E-state index is 10.8. The van der Waals surface area contributed by atoms with Gasteiger partial charge in [-0.2, -0.15) is 0 Å². The molecule has 0 atom stereocenters. The Morgan fingerprint density at radius 1 is 1.39 bits per heavy atom. The lowest BCUT2D eigenvalue weighted by atomic mass is 10.2. The van der Waals surface area contributed by atoms with E-state index in [1.807, 2.05) is 25.1 Å². The van der Waals surface area contributed by atoms with E-state index in [2.05, 4.69) is 31.2 Å².